The van der Waals surface area contributed by atoms with E-state index >= 15 is 0 Å². The fraction of sp³-hybridized carbons (Fsp3) is 0.889. The molecule has 2 atom stereocenters. The maximum Gasteiger partial charge on any atom is 0.400 e. The molecule has 1 unspecified atom stereocenters. The summed E-state index contributed by atoms with van der Waals surface area (Å²) in [7, 11) is 0. The third-order valence-electron chi connectivity index (χ3n) is 2.53. The van der Waals surface area contributed by atoms with Crippen molar-refractivity contribution in [1.29, 1.82) is 0 Å². The van der Waals surface area contributed by atoms with Crippen molar-refractivity contribution < 1.29 is 18.0 Å². The molecule has 2 N–H and O–H groups in total. The predicted octanol–water partition coefficient (Wildman–Crippen LogP) is 1.47. The van der Waals surface area contributed by atoms with Gasteiger partial charge in [0, 0.05) is 12.6 Å². The fourth-order valence-corrected chi connectivity index (χ4v) is 1.45. The van der Waals surface area contributed by atoms with Crippen LogP contribution in [-0.2, 0) is 4.79 Å². The van der Waals surface area contributed by atoms with E-state index in [9.17, 15) is 18.0 Å². The first kappa shape index (κ1) is 15.5. The van der Waals surface area contributed by atoms with Gasteiger partial charge in [0.25, 0.3) is 0 Å². The van der Waals surface area contributed by atoms with Gasteiger partial charge in [-0.25, -0.2) is 0 Å². The van der Waals surface area contributed by atoms with Crippen LogP contribution in [0, 0.1) is 5.92 Å². The molecule has 0 aromatic heterocycles. The number of halogens is 4. The van der Waals surface area contributed by atoms with Gasteiger partial charge in [-0.3, -0.25) is 4.79 Å². The molecule has 1 saturated heterocycles. The molecule has 1 aliphatic rings. The number of hydrogen-bond acceptors (Lipinski definition) is 2. The van der Waals surface area contributed by atoms with Gasteiger partial charge in [-0.1, -0.05) is 0 Å². The quantitative estimate of drug-likeness (QED) is 0.790. The highest BCUT2D eigenvalue weighted by atomic mass is 35.5. The summed E-state index contributed by atoms with van der Waals surface area (Å²) in [4.78, 5) is 11.2. The number of nitrogens with one attached hydrogen (secondary N) is 2. The Hall–Kier alpha value is -0.490. The van der Waals surface area contributed by atoms with Crippen LogP contribution in [0.1, 0.15) is 19.8 Å². The molecule has 3 nitrogen and oxygen atoms in total. The Morgan fingerprint density at radius 1 is 1.50 bits per heavy atom. The summed E-state index contributed by atoms with van der Waals surface area (Å²) in [6.45, 7) is 2.29. The Morgan fingerprint density at radius 3 is 2.56 bits per heavy atom. The van der Waals surface area contributed by atoms with E-state index in [-0.39, 0.29) is 18.4 Å². The number of rotatable bonds is 2. The highest BCUT2D eigenvalue weighted by molar-refractivity contribution is 5.85. The average molecular weight is 261 g/mol. The van der Waals surface area contributed by atoms with Gasteiger partial charge in [0.05, 0.1) is 0 Å². The summed E-state index contributed by atoms with van der Waals surface area (Å²) in [6, 6.07) is -0.170. The summed E-state index contributed by atoms with van der Waals surface area (Å²) in [5.41, 5.74) is 0. The Kier molecular flexibility index (Phi) is 6.10. The topological polar surface area (TPSA) is 41.1 Å². The first-order chi connectivity index (χ1) is 6.91. The molecule has 96 valence electrons. The zero-order valence-electron chi connectivity index (χ0n) is 8.93. The van der Waals surface area contributed by atoms with E-state index in [1.807, 2.05) is 0 Å². The van der Waals surface area contributed by atoms with Crippen LogP contribution < -0.4 is 10.6 Å². The van der Waals surface area contributed by atoms with Gasteiger partial charge in [-0.2, -0.15) is 13.2 Å². The van der Waals surface area contributed by atoms with Crippen molar-refractivity contribution in [1.82, 2.24) is 10.6 Å². The minimum absolute atomic E-state index is 0. The molecule has 0 aromatic rings. The molecule has 1 heterocycles. The number of alkyl halides is 3. The maximum atomic E-state index is 12.2. The Morgan fingerprint density at radius 2 is 2.12 bits per heavy atom. The van der Waals surface area contributed by atoms with Crippen LogP contribution in [0.25, 0.3) is 0 Å². The zero-order valence-corrected chi connectivity index (χ0v) is 9.75. The summed E-state index contributed by atoms with van der Waals surface area (Å²) in [6.07, 6.45) is -2.83. The normalized spacial score (nSPS) is 23.1. The lowest BCUT2D eigenvalue weighted by Gasteiger charge is -2.25. The Labute approximate surface area is 98.6 Å². The molecule has 1 amide bonds. The Balaban J connectivity index is 0.00000225. The van der Waals surface area contributed by atoms with E-state index in [0.717, 1.165) is 26.3 Å². The van der Waals surface area contributed by atoms with Crippen LogP contribution in [0.15, 0.2) is 0 Å². The van der Waals surface area contributed by atoms with Crippen LogP contribution >= 0.6 is 12.4 Å². The van der Waals surface area contributed by atoms with Crippen LogP contribution in [-0.4, -0.2) is 31.2 Å². The fourth-order valence-electron chi connectivity index (χ4n) is 1.45. The molecule has 0 aromatic carbocycles. The second-order valence-electron chi connectivity index (χ2n) is 3.82. The molecule has 0 radical (unpaired) electrons. The van der Waals surface area contributed by atoms with Crippen molar-refractivity contribution in [2.45, 2.75) is 32.0 Å². The lowest BCUT2D eigenvalue weighted by Crippen LogP contribution is -2.49. The maximum absolute atomic E-state index is 12.2. The summed E-state index contributed by atoms with van der Waals surface area (Å²) in [5.74, 6) is -2.87. The first-order valence-corrected chi connectivity index (χ1v) is 4.99. The summed E-state index contributed by atoms with van der Waals surface area (Å²) < 4.78 is 36.5. The first-order valence-electron chi connectivity index (χ1n) is 4.99. The smallest absolute Gasteiger partial charge is 0.352 e. The van der Waals surface area contributed by atoms with E-state index in [1.54, 1.807) is 0 Å². The highest BCUT2D eigenvalue weighted by Gasteiger charge is 2.41. The van der Waals surface area contributed by atoms with Gasteiger partial charge < -0.3 is 10.6 Å². The van der Waals surface area contributed by atoms with Crippen molar-refractivity contribution in [3.05, 3.63) is 0 Å². The minimum atomic E-state index is -4.45. The van der Waals surface area contributed by atoms with Crippen molar-refractivity contribution in [2.24, 2.45) is 5.92 Å². The SMILES string of the molecule is CC(C(=O)N[C@H]1CCCNC1)C(F)(F)F.Cl. The predicted molar refractivity (Wildman–Crippen MR) is 56.5 cm³/mol. The Bertz CT molecular complexity index is 229. The number of piperidine rings is 1. The lowest BCUT2D eigenvalue weighted by atomic mass is 10.1. The van der Waals surface area contributed by atoms with E-state index in [1.165, 1.54) is 0 Å². The molecule has 0 aliphatic carbocycles. The van der Waals surface area contributed by atoms with Gasteiger partial charge >= 0.3 is 6.18 Å². The standard InChI is InChI=1S/C9H15F3N2O.ClH/c1-6(9(10,11)12)8(15)14-7-3-2-4-13-5-7;/h6-7,13H,2-5H2,1H3,(H,14,15);1H/t6?,7-;/m0./s1. The number of hydrogen-bond donors (Lipinski definition) is 2. The number of amides is 1. The van der Waals surface area contributed by atoms with Crippen molar-refractivity contribution in [3.8, 4) is 0 Å². The molecule has 0 saturated carbocycles. The molecular formula is C9H16ClF3N2O. The molecule has 1 fully saturated rings. The molecule has 16 heavy (non-hydrogen) atoms. The molecule has 1 rings (SSSR count). The zero-order chi connectivity index (χ0) is 11.5. The van der Waals surface area contributed by atoms with E-state index in [2.05, 4.69) is 10.6 Å². The highest BCUT2D eigenvalue weighted by Crippen LogP contribution is 2.25. The minimum Gasteiger partial charge on any atom is -0.352 e. The monoisotopic (exact) mass is 260 g/mol. The van der Waals surface area contributed by atoms with Crippen molar-refractivity contribution >= 4 is 18.3 Å². The lowest BCUT2D eigenvalue weighted by molar-refractivity contribution is -0.179. The number of carbonyl (C=O) groups is 1. The molecule has 1 aliphatic heterocycles. The second-order valence-corrected chi connectivity index (χ2v) is 3.82. The molecule has 7 heteroatoms. The summed E-state index contributed by atoms with van der Waals surface area (Å²) >= 11 is 0. The van der Waals surface area contributed by atoms with Crippen LogP contribution in [0.5, 0.6) is 0 Å². The van der Waals surface area contributed by atoms with Crippen LogP contribution in [0.2, 0.25) is 0 Å². The third-order valence-corrected chi connectivity index (χ3v) is 2.53. The van der Waals surface area contributed by atoms with Crippen molar-refractivity contribution in [2.75, 3.05) is 13.1 Å². The molecule has 0 spiro atoms. The third kappa shape index (κ3) is 4.57. The van der Waals surface area contributed by atoms with Crippen LogP contribution in [0.3, 0.4) is 0 Å². The van der Waals surface area contributed by atoms with Gasteiger partial charge in [-0.05, 0) is 26.3 Å². The van der Waals surface area contributed by atoms with E-state index in [4.69, 9.17) is 0 Å². The van der Waals surface area contributed by atoms with Gasteiger partial charge in [0.15, 0.2) is 0 Å². The van der Waals surface area contributed by atoms with Gasteiger partial charge in [-0.15, -0.1) is 12.4 Å². The summed E-state index contributed by atoms with van der Waals surface area (Å²) in [5, 5.41) is 5.43. The molecule has 0 bridgehead atoms. The van der Waals surface area contributed by atoms with Gasteiger partial charge in [0.2, 0.25) is 5.91 Å². The van der Waals surface area contributed by atoms with Crippen LogP contribution in [0.4, 0.5) is 13.2 Å². The average Bonchev–Trinajstić information content (AvgIpc) is 2.16. The second kappa shape index (κ2) is 6.30. The van der Waals surface area contributed by atoms with E-state index < -0.39 is 18.0 Å². The van der Waals surface area contributed by atoms with Crippen molar-refractivity contribution in [3.63, 3.8) is 0 Å². The largest absolute Gasteiger partial charge is 0.400 e. The van der Waals surface area contributed by atoms with Gasteiger partial charge in [0.1, 0.15) is 5.92 Å². The number of carbonyl (C=O) groups excluding carboxylic acids is 1. The van der Waals surface area contributed by atoms with E-state index in [0.29, 0.717) is 6.54 Å². The molecular weight excluding hydrogens is 245 g/mol.